The summed E-state index contributed by atoms with van der Waals surface area (Å²) >= 11 is 0. The molecule has 7 nitrogen and oxygen atoms in total. The van der Waals surface area contributed by atoms with Gasteiger partial charge in [-0.25, -0.2) is 4.98 Å². The Balaban J connectivity index is 1.72. The number of carboxylic acid groups (broad SMARTS) is 1. The zero-order valence-electron chi connectivity index (χ0n) is 10.9. The molecule has 2 N–H and O–H groups in total. The quantitative estimate of drug-likeness (QED) is 0.780. The van der Waals surface area contributed by atoms with Crippen molar-refractivity contribution in [2.75, 3.05) is 6.54 Å². The predicted molar refractivity (Wildman–Crippen MR) is 66.2 cm³/mol. The average molecular weight is 266 g/mol. The molecule has 1 aromatic rings. The van der Waals surface area contributed by atoms with Gasteiger partial charge in [0.25, 0.3) is 0 Å². The number of carbonyl (C=O) groups excluding carboxylic acids is 1. The monoisotopic (exact) mass is 266 g/mol. The van der Waals surface area contributed by atoms with Crippen LogP contribution in [0.25, 0.3) is 0 Å². The minimum Gasteiger partial charge on any atom is -0.481 e. The van der Waals surface area contributed by atoms with Crippen molar-refractivity contribution in [3.8, 4) is 0 Å². The summed E-state index contributed by atoms with van der Waals surface area (Å²) in [6, 6.07) is 0. The van der Waals surface area contributed by atoms with E-state index < -0.39 is 5.97 Å². The second kappa shape index (κ2) is 5.81. The number of rotatable bonds is 5. The van der Waals surface area contributed by atoms with Crippen LogP contribution in [-0.4, -0.2) is 38.3 Å². The van der Waals surface area contributed by atoms with Crippen molar-refractivity contribution >= 4 is 11.9 Å². The first-order valence-corrected chi connectivity index (χ1v) is 6.41. The summed E-state index contributed by atoms with van der Waals surface area (Å²) in [6.45, 7) is 0.483. The third kappa shape index (κ3) is 3.52. The van der Waals surface area contributed by atoms with Gasteiger partial charge in [-0.05, 0) is 19.3 Å². The van der Waals surface area contributed by atoms with E-state index in [4.69, 9.17) is 5.11 Å². The summed E-state index contributed by atoms with van der Waals surface area (Å²) in [4.78, 5) is 26.7. The molecule has 0 aliphatic heterocycles. The lowest BCUT2D eigenvalue weighted by Crippen LogP contribution is -2.31. The summed E-state index contributed by atoms with van der Waals surface area (Å²) in [5.74, 6) is -0.698. The molecule has 1 amide bonds. The van der Waals surface area contributed by atoms with E-state index in [9.17, 15) is 9.59 Å². The average Bonchev–Trinajstić information content (AvgIpc) is 2.98. The molecule has 1 fully saturated rings. The standard InChI is InChI=1S/C12H18N4O3/c1-16-7-14-10(15-16)4-5-13-11(17)8-2-3-9(6-8)12(18)19/h7-9H,2-6H2,1H3,(H,13,17)(H,18,19)/t8-,9+/m1/s1. The van der Waals surface area contributed by atoms with E-state index in [1.165, 1.54) is 0 Å². The first kappa shape index (κ1) is 13.5. The molecule has 2 atom stereocenters. The molecule has 0 unspecified atom stereocenters. The molecule has 0 aromatic carbocycles. The molecule has 0 saturated heterocycles. The van der Waals surface area contributed by atoms with E-state index in [2.05, 4.69) is 15.4 Å². The Morgan fingerprint density at radius 1 is 1.47 bits per heavy atom. The van der Waals surface area contributed by atoms with Crippen LogP contribution in [0.5, 0.6) is 0 Å². The van der Waals surface area contributed by atoms with Crippen LogP contribution in [-0.2, 0) is 23.1 Å². The first-order chi connectivity index (χ1) is 9.06. The van der Waals surface area contributed by atoms with E-state index >= 15 is 0 Å². The molecule has 1 aromatic heterocycles. The molecule has 0 bridgehead atoms. The third-order valence-corrected chi connectivity index (χ3v) is 3.45. The van der Waals surface area contributed by atoms with Gasteiger partial charge in [-0.2, -0.15) is 5.10 Å². The fourth-order valence-corrected chi connectivity index (χ4v) is 2.38. The lowest BCUT2D eigenvalue weighted by Gasteiger charge is -2.09. The Labute approximate surface area is 111 Å². The Hall–Kier alpha value is -1.92. The maximum Gasteiger partial charge on any atom is 0.306 e. The predicted octanol–water partition coefficient (Wildman–Crippen LogP) is -0.0253. The first-order valence-electron chi connectivity index (χ1n) is 6.41. The number of nitrogens with one attached hydrogen (secondary N) is 1. The largest absolute Gasteiger partial charge is 0.481 e. The van der Waals surface area contributed by atoms with Crippen molar-refractivity contribution in [1.29, 1.82) is 0 Å². The summed E-state index contributed by atoms with van der Waals surface area (Å²) in [7, 11) is 1.79. The lowest BCUT2D eigenvalue weighted by atomic mass is 10.0. The number of nitrogens with zero attached hydrogens (tertiary/aromatic N) is 3. The molecule has 2 rings (SSSR count). The Bertz CT molecular complexity index is 471. The molecule has 19 heavy (non-hydrogen) atoms. The van der Waals surface area contributed by atoms with Crippen LogP contribution in [0, 0.1) is 11.8 Å². The van der Waals surface area contributed by atoms with Crippen molar-refractivity contribution in [3.05, 3.63) is 12.2 Å². The number of carbonyl (C=O) groups is 2. The smallest absolute Gasteiger partial charge is 0.306 e. The van der Waals surface area contributed by atoms with Crippen molar-refractivity contribution in [2.24, 2.45) is 18.9 Å². The number of amides is 1. The fraction of sp³-hybridized carbons (Fsp3) is 0.667. The van der Waals surface area contributed by atoms with Crippen LogP contribution >= 0.6 is 0 Å². The Kier molecular flexibility index (Phi) is 4.13. The number of aryl methyl sites for hydroxylation is 1. The van der Waals surface area contributed by atoms with Crippen LogP contribution in [0.2, 0.25) is 0 Å². The summed E-state index contributed by atoms with van der Waals surface area (Å²) in [5.41, 5.74) is 0. The third-order valence-electron chi connectivity index (χ3n) is 3.45. The maximum atomic E-state index is 11.9. The van der Waals surface area contributed by atoms with Gasteiger partial charge in [0, 0.05) is 25.9 Å². The van der Waals surface area contributed by atoms with Crippen LogP contribution in [0.4, 0.5) is 0 Å². The van der Waals surface area contributed by atoms with Gasteiger partial charge in [-0.3, -0.25) is 14.3 Å². The SMILES string of the molecule is Cn1cnc(CCNC(=O)[C@@H]2CC[C@H](C(=O)O)C2)n1. The minimum atomic E-state index is -0.798. The lowest BCUT2D eigenvalue weighted by molar-refractivity contribution is -0.141. The highest BCUT2D eigenvalue weighted by Gasteiger charge is 2.33. The van der Waals surface area contributed by atoms with Crippen LogP contribution < -0.4 is 5.32 Å². The number of carboxylic acids is 1. The fourth-order valence-electron chi connectivity index (χ4n) is 2.38. The number of hydrogen-bond acceptors (Lipinski definition) is 4. The van der Waals surface area contributed by atoms with E-state index in [1.54, 1.807) is 18.1 Å². The normalized spacial score (nSPS) is 22.4. The molecule has 0 spiro atoms. The van der Waals surface area contributed by atoms with E-state index in [0.29, 0.717) is 38.1 Å². The number of hydrogen-bond donors (Lipinski definition) is 2. The zero-order chi connectivity index (χ0) is 13.8. The van der Waals surface area contributed by atoms with Crippen LogP contribution in [0.3, 0.4) is 0 Å². The molecule has 1 heterocycles. The maximum absolute atomic E-state index is 11.9. The van der Waals surface area contributed by atoms with Crippen LogP contribution in [0.15, 0.2) is 6.33 Å². The van der Waals surface area contributed by atoms with Crippen molar-refractivity contribution in [1.82, 2.24) is 20.1 Å². The van der Waals surface area contributed by atoms with Crippen molar-refractivity contribution < 1.29 is 14.7 Å². The summed E-state index contributed by atoms with van der Waals surface area (Å²) < 4.78 is 1.62. The minimum absolute atomic E-state index is 0.0559. The van der Waals surface area contributed by atoms with Gasteiger partial charge in [0.1, 0.15) is 6.33 Å². The highest BCUT2D eigenvalue weighted by atomic mass is 16.4. The number of aromatic nitrogens is 3. The van der Waals surface area contributed by atoms with Gasteiger partial charge in [0.05, 0.1) is 5.92 Å². The zero-order valence-corrected chi connectivity index (χ0v) is 10.9. The topological polar surface area (TPSA) is 97.1 Å². The van der Waals surface area contributed by atoms with Crippen molar-refractivity contribution in [2.45, 2.75) is 25.7 Å². The van der Waals surface area contributed by atoms with Gasteiger partial charge < -0.3 is 10.4 Å². The van der Waals surface area contributed by atoms with E-state index in [1.807, 2.05) is 0 Å². The second-order valence-electron chi connectivity index (χ2n) is 4.92. The molecular formula is C12H18N4O3. The Morgan fingerprint density at radius 2 is 2.21 bits per heavy atom. The second-order valence-corrected chi connectivity index (χ2v) is 4.92. The Morgan fingerprint density at radius 3 is 2.79 bits per heavy atom. The van der Waals surface area contributed by atoms with Crippen LogP contribution in [0.1, 0.15) is 25.1 Å². The van der Waals surface area contributed by atoms with Gasteiger partial charge >= 0.3 is 5.97 Å². The van der Waals surface area contributed by atoms with Gasteiger partial charge in [0.2, 0.25) is 5.91 Å². The summed E-state index contributed by atoms with van der Waals surface area (Å²) in [6.07, 6.45) is 3.90. The molecule has 1 saturated carbocycles. The van der Waals surface area contributed by atoms with E-state index in [-0.39, 0.29) is 17.7 Å². The molecule has 104 valence electrons. The molecule has 1 aliphatic carbocycles. The number of aliphatic carboxylic acids is 1. The molecule has 1 aliphatic rings. The highest BCUT2D eigenvalue weighted by molar-refractivity contribution is 5.80. The van der Waals surface area contributed by atoms with Gasteiger partial charge in [0.15, 0.2) is 5.82 Å². The van der Waals surface area contributed by atoms with E-state index in [0.717, 1.165) is 0 Å². The molecule has 0 radical (unpaired) electrons. The van der Waals surface area contributed by atoms with Gasteiger partial charge in [-0.1, -0.05) is 0 Å². The highest BCUT2D eigenvalue weighted by Crippen LogP contribution is 2.30. The van der Waals surface area contributed by atoms with Gasteiger partial charge in [-0.15, -0.1) is 0 Å². The van der Waals surface area contributed by atoms with Crippen molar-refractivity contribution in [3.63, 3.8) is 0 Å². The summed E-state index contributed by atoms with van der Waals surface area (Å²) in [5, 5.41) is 15.8. The molecular weight excluding hydrogens is 248 g/mol. The molecule has 7 heteroatoms.